The average Bonchev–Trinajstić information content (AvgIpc) is 2.32. The normalized spacial score (nSPS) is 24.1. The van der Waals surface area contributed by atoms with Crippen molar-refractivity contribution < 1.29 is 17.9 Å². The number of aliphatic hydroxyl groups excluding tert-OH is 1. The van der Waals surface area contributed by atoms with Crippen molar-refractivity contribution >= 4 is 21.4 Å². The standard InChI is InChI=1S/C13H16ClFO3S/c1-8-6-9(10(14)7-11(8)15)13(16)12-4-2-3-5-19(12,17)18/h6-7,12-13,16H,2-5H2,1H3. The Morgan fingerprint density at radius 3 is 2.74 bits per heavy atom. The number of halogens is 2. The fourth-order valence-electron chi connectivity index (χ4n) is 2.44. The predicted octanol–water partition coefficient (Wildman–Crippen LogP) is 2.79. The number of hydrogen-bond acceptors (Lipinski definition) is 3. The Hall–Kier alpha value is -0.650. The summed E-state index contributed by atoms with van der Waals surface area (Å²) < 4.78 is 37.3. The highest BCUT2D eigenvalue weighted by Crippen LogP contribution is 2.34. The van der Waals surface area contributed by atoms with E-state index < -0.39 is 27.0 Å². The quantitative estimate of drug-likeness (QED) is 0.914. The summed E-state index contributed by atoms with van der Waals surface area (Å²) in [5, 5.41) is 9.51. The van der Waals surface area contributed by atoms with Crippen molar-refractivity contribution in [1.29, 1.82) is 0 Å². The fraction of sp³-hybridized carbons (Fsp3) is 0.538. The van der Waals surface area contributed by atoms with Crippen LogP contribution in [0.1, 0.15) is 36.5 Å². The smallest absolute Gasteiger partial charge is 0.156 e. The third kappa shape index (κ3) is 2.93. The highest BCUT2D eigenvalue weighted by Gasteiger charge is 2.36. The molecule has 1 aromatic rings. The molecule has 0 bridgehead atoms. The Kier molecular flexibility index (Phi) is 4.18. The van der Waals surface area contributed by atoms with Crippen LogP contribution < -0.4 is 0 Å². The molecule has 1 aromatic carbocycles. The first kappa shape index (κ1) is 14.8. The first-order valence-corrected chi connectivity index (χ1v) is 8.27. The largest absolute Gasteiger partial charge is 0.387 e. The van der Waals surface area contributed by atoms with Gasteiger partial charge in [-0.15, -0.1) is 0 Å². The molecule has 0 aliphatic carbocycles. The van der Waals surface area contributed by atoms with Crippen molar-refractivity contribution in [3.05, 3.63) is 34.1 Å². The van der Waals surface area contributed by atoms with Crippen LogP contribution in [0.3, 0.4) is 0 Å². The van der Waals surface area contributed by atoms with E-state index in [9.17, 15) is 17.9 Å². The van der Waals surface area contributed by atoms with Gasteiger partial charge in [0.15, 0.2) is 9.84 Å². The van der Waals surface area contributed by atoms with E-state index in [0.29, 0.717) is 18.4 Å². The monoisotopic (exact) mass is 306 g/mol. The van der Waals surface area contributed by atoms with Gasteiger partial charge in [0.1, 0.15) is 5.82 Å². The molecule has 0 radical (unpaired) electrons. The lowest BCUT2D eigenvalue weighted by atomic mass is 10.0. The van der Waals surface area contributed by atoms with Gasteiger partial charge < -0.3 is 5.11 Å². The number of hydrogen-bond donors (Lipinski definition) is 1. The fourth-order valence-corrected chi connectivity index (χ4v) is 4.68. The molecular weight excluding hydrogens is 291 g/mol. The molecule has 2 rings (SSSR count). The maximum atomic E-state index is 13.3. The number of rotatable bonds is 2. The molecule has 1 aliphatic rings. The topological polar surface area (TPSA) is 54.4 Å². The Morgan fingerprint density at radius 1 is 1.42 bits per heavy atom. The molecule has 1 N–H and O–H groups in total. The lowest BCUT2D eigenvalue weighted by Crippen LogP contribution is -2.34. The molecule has 106 valence electrons. The van der Waals surface area contributed by atoms with E-state index >= 15 is 0 Å². The van der Waals surface area contributed by atoms with Crippen molar-refractivity contribution in [2.24, 2.45) is 0 Å². The van der Waals surface area contributed by atoms with E-state index in [2.05, 4.69) is 0 Å². The highest BCUT2D eigenvalue weighted by atomic mass is 35.5. The van der Waals surface area contributed by atoms with E-state index in [1.165, 1.54) is 6.07 Å². The second-order valence-corrected chi connectivity index (χ2v) is 7.72. The van der Waals surface area contributed by atoms with Crippen molar-refractivity contribution in [3.8, 4) is 0 Å². The van der Waals surface area contributed by atoms with Gasteiger partial charge in [-0.05, 0) is 37.5 Å². The van der Waals surface area contributed by atoms with Gasteiger partial charge in [-0.1, -0.05) is 18.0 Å². The van der Waals surface area contributed by atoms with Crippen LogP contribution in [0, 0.1) is 12.7 Å². The molecule has 1 saturated heterocycles. The van der Waals surface area contributed by atoms with Crippen molar-refractivity contribution in [3.63, 3.8) is 0 Å². The first-order chi connectivity index (χ1) is 8.83. The van der Waals surface area contributed by atoms with Crippen LogP contribution in [0.5, 0.6) is 0 Å². The zero-order chi connectivity index (χ0) is 14.2. The zero-order valence-corrected chi connectivity index (χ0v) is 12.1. The van der Waals surface area contributed by atoms with Gasteiger partial charge in [0, 0.05) is 10.6 Å². The summed E-state index contributed by atoms with van der Waals surface area (Å²) in [5.74, 6) is -0.376. The van der Waals surface area contributed by atoms with Gasteiger partial charge >= 0.3 is 0 Å². The van der Waals surface area contributed by atoms with E-state index in [4.69, 9.17) is 11.6 Å². The molecular formula is C13H16ClFO3S. The van der Waals surface area contributed by atoms with Crippen molar-refractivity contribution in [2.75, 3.05) is 5.75 Å². The molecule has 6 heteroatoms. The van der Waals surface area contributed by atoms with E-state index in [1.54, 1.807) is 6.92 Å². The first-order valence-electron chi connectivity index (χ1n) is 6.18. The minimum absolute atomic E-state index is 0.0661. The van der Waals surface area contributed by atoms with Crippen LogP contribution in [0.4, 0.5) is 4.39 Å². The summed E-state index contributed by atoms with van der Waals surface area (Å²) in [7, 11) is -3.31. The summed E-state index contributed by atoms with van der Waals surface area (Å²) in [5.41, 5.74) is 0.627. The molecule has 1 aliphatic heterocycles. The van der Waals surface area contributed by atoms with Crippen molar-refractivity contribution in [1.82, 2.24) is 0 Å². The number of aryl methyl sites for hydroxylation is 1. The molecule has 0 aromatic heterocycles. The van der Waals surface area contributed by atoms with Crippen LogP contribution in [-0.2, 0) is 9.84 Å². The second kappa shape index (κ2) is 5.38. The summed E-state index contributed by atoms with van der Waals surface area (Å²) >= 11 is 5.91. The Morgan fingerprint density at radius 2 is 2.11 bits per heavy atom. The van der Waals surface area contributed by atoms with Gasteiger partial charge in [-0.25, -0.2) is 12.8 Å². The van der Waals surface area contributed by atoms with E-state index in [-0.39, 0.29) is 16.3 Å². The number of aliphatic hydroxyl groups is 1. The van der Waals surface area contributed by atoms with Crippen LogP contribution in [-0.4, -0.2) is 24.5 Å². The molecule has 1 fully saturated rings. The van der Waals surface area contributed by atoms with Gasteiger partial charge in [0.2, 0.25) is 0 Å². The zero-order valence-electron chi connectivity index (χ0n) is 10.6. The molecule has 0 amide bonds. The molecule has 3 nitrogen and oxygen atoms in total. The van der Waals surface area contributed by atoms with Crippen LogP contribution in [0.2, 0.25) is 5.02 Å². The molecule has 1 heterocycles. The molecule has 0 saturated carbocycles. The Labute approximate surface area is 117 Å². The second-order valence-electron chi connectivity index (χ2n) is 4.97. The lowest BCUT2D eigenvalue weighted by molar-refractivity contribution is 0.164. The third-order valence-electron chi connectivity index (χ3n) is 3.58. The number of sulfone groups is 1. The summed E-state index contributed by atoms with van der Waals surface area (Å²) in [4.78, 5) is 0. The molecule has 2 unspecified atom stereocenters. The Balaban J connectivity index is 2.39. The van der Waals surface area contributed by atoms with Gasteiger partial charge in [-0.2, -0.15) is 0 Å². The lowest BCUT2D eigenvalue weighted by Gasteiger charge is -2.27. The minimum atomic E-state index is -3.31. The Bertz CT molecular complexity index is 586. The van der Waals surface area contributed by atoms with Crippen LogP contribution >= 0.6 is 11.6 Å². The van der Waals surface area contributed by atoms with E-state index in [1.807, 2.05) is 0 Å². The number of benzene rings is 1. The maximum absolute atomic E-state index is 13.3. The molecule has 2 atom stereocenters. The van der Waals surface area contributed by atoms with Crippen molar-refractivity contribution in [2.45, 2.75) is 37.5 Å². The summed E-state index contributed by atoms with van der Waals surface area (Å²) in [6, 6.07) is 2.54. The minimum Gasteiger partial charge on any atom is -0.387 e. The molecule has 0 spiro atoms. The highest BCUT2D eigenvalue weighted by molar-refractivity contribution is 7.92. The van der Waals surface area contributed by atoms with Gasteiger partial charge in [0.05, 0.1) is 17.1 Å². The summed E-state index contributed by atoms with van der Waals surface area (Å²) in [6.45, 7) is 1.55. The van der Waals surface area contributed by atoms with Gasteiger partial charge in [-0.3, -0.25) is 0 Å². The molecule has 19 heavy (non-hydrogen) atoms. The maximum Gasteiger partial charge on any atom is 0.156 e. The van der Waals surface area contributed by atoms with Gasteiger partial charge in [0.25, 0.3) is 0 Å². The van der Waals surface area contributed by atoms with Crippen LogP contribution in [0.25, 0.3) is 0 Å². The summed E-state index contributed by atoms with van der Waals surface area (Å²) in [6.07, 6.45) is 0.605. The predicted molar refractivity (Wildman–Crippen MR) is 72.5 cm³/mol. The van der Waals surface area contributed by atoms with E-state index in [0.717, 1.165) is 12.5 Å². The van der Waals surface area contributed by atoms with Crippen LogP contribution in [0.15, 0.2) is 12.1 Å². The third-order valence-corrected chi connectivity index (χ3v) is 6.18. The SMILES string of the molecule is Cc1cc(C(O)C2CCCCS2(=O)=O)c(Cl)cc1F. The average molecular weight is 307 g/mol.